The maximum Gasteiger partial charge on any atom is 0.253 e. The maximum atomic E-state index is 13.1. The number of nitriles is 1. The molecule has 1 saturated heterocycles. The Bertz CT molecular complexity index is 778. The Morgan fingerprint density at radius 3 is 2.20 bits per heavy atom. The van der Waals surface area contributed by atoms with Crippen molar-refractivity contribution in [1.29, 1.82) is 5.26 Å². The average molecular weight is 402 g/mol. The Hall–Kier alpha value is -2.23. The minimum absolute atomic E-state index is 0.00226. The van der Waals surface area contributed by atoms with E-state index in [0.29, 0.717) is 31.7 Å². The highest BCUT2D eigenvalue weighted by atomic mass is 79.9. The van der Waals surface area contributed by atoms with Crippen LogP contribution in [-0.2, 0) is 0 Å². The van der Waals surface area contributed by atoms with Gasteiger partial charge in [0.1, 0.15) is 11.9 Å². The molecule has 1 atom stereocenters. The number of carbonyl (C=O) groups excluding carboxylic acids is 1. The summed E-state index contributed by atoms with van der Waals surface area (Å²) in [4.78, 5) is 16.4. The SMILES string of the molecule is N#C[C@@H](c1ccc(F)cc1)N1CCN(C(=O)c2ccc(Br)cc2)CC1. The Labute approximate surface area is 154 Å². The number of carbonyl (C=O) groups is 1. The van der Waals surface area contributed by atoms with Gasteiger partial charge in [-0.15, -0.1) is 0 Å². The van der Waals surface area contributed by atoms with Crippen LogP contribution in [0.3, 0.4) is 0 Å². The highest BCUT2D eigenvalue weighted by Gasteiger charge is 2.27. The summed E-state index contributed by atoms with van der Waals surface area (Å²) < 4.78 is 14.0. The second-order valence-corrected chi connectivity index (χ2v) is 6.83. The molecule has 0 spiro atoms. The summed E-state index contributed by atoms with van der Waals surface area (Å²) in [5.74, 6) is -0.312. The fourth-order valence-electron chi connectivity index (χ4n) is 2.97. The monoisotopic (exact) mass is 401 g/mol. The minimum Gasteiger partial charge on any atom is -0.336 e. The van der Waals surface area contributed by atoms with E-state index in [1.807, 2.05) is 17.0 Å². The molecule has 1 fully saturated rings. The second kappa shape index (κ2) is 7.77. The summed E-state index contributed by atoms with van der Waals surface area (Å²) in [5.41, 5.74) is 1.43. The van der Waals surface area contributed by atoms with Gasteiger partial charge in [0.05, 0.1) is 6.07 Å². The standard InChI is InChI=1S/C19H17BrFN3O/c20-16-5-1-15(2-6-16)19(25)24-11-9-23(10-12-24)18(13-22)14-3-7-17(21)8-4-14/h1-8,18H,9-12H2/t18-/m0/s1. The summed E-state index contributed by atoms with van der Waals surface area (Å²) in [5, 5.41) is 9.51. The van der Waals surface area contributed by atoms with Gasteiger partial charge in [0, 0.05) is 36.2 Å². The zero-order valence-corrected chi connectivity index (χ0v) is 15.1. The molecule has 2 aromatic rings. The second-order valence-electron chi connectivity index (χ2n) is 5.92. The molecule has 1 aliphatic rings. The minimum atomic E-state index is -0.425. The molecule has 128 valence electrons. The number of rotatable bonds is 3. The molecule has 0 aliphatic carbocycles. The molecule has 1 heterocycles. The predicted octanol–water partition coefficient (Wildman–Crippen LogP) is 3.61. The van der Waals surface area contributed by atoms with E-state index >= 15 is 0 Å². The lowest BCUT2D eigenvalue weighted by atomic mass is 10.1. The molecular formula is C19H17BrFN3O. The van der Waals surface area contributed by atoms with E-state index < -0.39 is 6.04 Å². The lowest BCUT2D eigenvalue weighted by Crippen LogP contribution is -2.49. The summed E-state index contributed by atoms with van der Waals surface area (Å²) in [7, 11) is 0. The van der Waals surface area contributed by atoms with Crippen LogP contribution in [0.2, 0.25) is 0 Å². The Morgan fingerprint density at radius 1 is 1.04 bits per heavy atom. The van der Waals surface area contributed by atoms with Crippen LogP contribution in [0.15, 0.2) is 53.0 Å². The number of hydrogen-bond acceptors (Lipinski definition) is 3. The van der Waals surface area contributed by atoms with Crippen molar-refractivity contribution in [2.75, 3.05) is 26.2 Å². The van der Waals surface area contributed by atoms with E-state index in [0.717, 1.165) is 10.0 Å². The summed E-state index contributed by atoms with van der Waals surface area (Å²) in [6, 6.07) is 15.2. The molecule has 0 bridgehead atoms. The first kappa shape index (κ1) is 17.6. The molecule has 4 nitrogen and oxygen atoms in total. The number of amides is 1. The van der Waals surface area contributed by atoms with Gasteiger partial charge in [-0.25, -0.2) is 4.39 Å². The normalized spacial score (nSPS) is 16.3. The lowest BCUT2D eigenvalue weighted by molar-refractivity contribution is 0.0606. The van der Waals surface area contributed by atoms with Crippen LogP contribution in [0, 0.1) is 17.1 Å². The van der Waals surface area contributed by atoms with Crippen LogP contribution in [0.5, 0.6) is 0 Å². The fourth-order valence-corrected chi connectivity index (χ4v) is 3.23. The number of hydrogen-bond donors (Lipinski definition) is 0. The first-order chi connectivity index (χ1) is 12.1. The molecule has 3 rings (SSSR count). The van der Waals surface area contributed by atoms with Gasteiger partial charge in [-0.2, -0.15) is 5.26 Å². The molecule has 0 saturated carbocycles. The Balaban J connectivity index is 1.64. The van der Waals surface area contributed by atoms with Crippen LogP contribution < -0.4 is 0 Å². The maximum absolute atomic E-state index is 13.1. The third kappa shape index (κ3) is 4.06. The number of benzene rings is 2. The van der Waals surface area contributed by atoms with Crippen molar-refractivity contribution < 1.29 is 9.18 Å². The third-order valence-electron chi connectivity index (χ3n) is 4.37. The van der Waals surface area contributed by atoms with Gasteiger partial charge < -0.3 is 4.90 Å². The first-order valence-electron chi connectivity index (χ1n) is 8.02. The summed E-state index contributed by atoms with van der Waals surface area (Å²) in [6.07, 6.45) is 0. The van der Waals surface area contributed by atoms with Gasteiger partial charge in [0.15, 0.2) is 0 Å². The van der Waals surface area contributed by atoms with Crippen molar-refractivity contribution in [2.45, 2.75) is 6.04 Å². The van der Waals surface area contributed by atoms with Gasteiger partial charge in [0.2, 0.25) is 0 Å². The predicted molar refractivity (Wildman–Crippen MR) is 96.4 cm³/mol. The van der Waals surface area contributed by atoms with Gasteiger partial charge in [-0.3, -0.25) is 9.69 Å². The van der Waals surface area contributed by atoms with Gasteiger partial charge in [0.25, 0.3) is 5.91 Å². The molecular weight excluding hydrogens is 385 g/mol. The number of piperazine rings is 1. The van der Waals surface area contributed by atoms with Crippen molar-refractivity contribution in [1.82, 2.24) is 9.80 Å². The molecule has 0 N–H and O–H groups in total. The third-order valence-corrected chi connectivity index (χ3v) is 4.89. The Morgan fingerprint density at radius 2 is 1.64 bits per heavy atom. The van der Waals surface area contributed by atoms with E-state index in [9.17, 15) is 14.4 Å². The number of halogens is 2. The molecule has 1 amide bonds. The molecule has 2 aromatic carbocycles. The molecule has 0 unspecified atom stereocenters. The van der Waals surface area contributed by atoms with E-state index in [-0.39, 0.29) is 11.7 Å². The van der Waals surface area contributed by atoms with Crippen LogP contribution >= 0.6 is 15.9 Å². The van der Waals surface area contributed by atoms with E-state index in [1.165, 1.54) is 12.1 Å². The summed E-state index contributed by atoms with van der Waals surface area (Å²) >= 11 is 3.36. The molecule has 6 heteroatoms. The molecule has 0 aromatic heterocycles. The van der Waals surface area contributed by atoms with Crippen molar-refractivity contribution in [3.63, 3.8) is 0 Å². The van der Waals surface area contributed by atoms with Crippen LogP contribution in [0.25, 0.3) is 0 Å². The molecule has 0 radical (unpaired) electrons. The van der Waals surface area contributed by atoms with Gasteiger partial charge in [-0.05, 0) is 42.0 Å². The fraction of sp³-hybridized carbons (Fsp3) is 0.263. The van der Waals surface area contributed by atoms with Crippen molar-refractivity contribution >= 4 is 21.8 Å². The number of nitrogens with zero attached hydrogens (tertiary/aromatic N) is 3. The zero-order valence-electron chi connectivity index (χ0n) is 13.5. The summed E-state index contributed by atoms with van der Waals surface area (Å²) in [6.45, 7) is 2.35. The van der Waals surface area contributed by atoms with Gasteiger partial charge >= 0.3 is 0 Å². The topological polar surface area (TPSA) is 47.3 Å². The van der Waals surface area contributed by atoms with E-state index in [2.05, 4.69) is 22.0 Å². The van der Waals surface area contributed by atoms with Crippen LogP contribution in [0.1, 0.15) is 22.0 Å². The zero-order chi connectivity index (χ0) is 17.8. The van der Waals surface area contributed by atoms with Crippen LogP contribution in [-0.4, -0.2) is 41.9 Å². The van der Waals surface area contributed by atoms with Crippen molar-refractivity contribution in [2.24, 2.45) is 0 Å². The highest BCUT2D eigenvalue weighted by Crippen LogP contribution is 2.22. The Kier molecular flexibility index (Phi) is 5.47. The largest absolute Gasteiger partial charge is 0.336 e. The van der Waals surface area contributed by atoms with Crippen molar-refractivity contribution in [3.05, 3.63) is 69.9 Å². The van der Waals surface area contributed by atoms with Crippen LogP contribution in [0.4, 0.5) is 4.39 Å². The smallest absolute Gasteiger partial charge is 0.253 e. The molecule has 25 heavy (non-hydrogen) atoms. The van der Waals surface area contributed by atoms with E-state index in [1.54, 1.807) is 29.2 Å². The van der Waals surface area contributed by atoms with Gasteiger partial charge in [-0.1, -0.05) is 28.1 Å². The average Bonchev–Trinajstić information content (AvgIpc) is 2.64. The van der Waals surface area contributed by atoms with E-state index in [4.69, 9.17) is 0 Å². The van der Waals surface area contributed by atoms with Crippen molar-refractivity contribution in [3.8, 4) is 6.07 Å². The quantitative estimate of drug-likeness (QED) is 0.788. The highest BCUT2D eigenvalue weighted by molar-refractivity contribution is 9.10. The first-order valence-corrected chi connectivity index (χ1v) is 8.82. The molecule has 1 aliphatic heterocycles. The lowest BCUT2D eigenvalue weighted by Gasteiger charge is -2.37.